The second kappa shape index (κ2) is 4.44. The van der Waals surface area contributed by atoms with Crippen molar-refractivity contribution in [2.24, 2.45) is 0 Å². The Morgan fingerprint density at radius 3 is 2.47 bits per heavy atom. The van der Waals surface area contributed by atoms with Crippen LogP contribution in [0.1, 0.15) is 10.4 Å². The molecular formula is C8H9O6P. The van der Waals surface area contributed by atoms with E-state index in [2.05, 4.69) is 4.52 Å². The van der Waals surface area contributed by atoms with Crippen LogP contribution < -0.4 is 4.74 Å². The number of hydrogen-bond acceptors (Lipinski definition) is 4. The maximum absolute atomic E-state index is 11.2. The number of hydrogen-bond donors (Lipinski definition) is 2. The van der Waals surface area contributed by atoms with Gasteiger partial charge in [0.1, 0.15) is 11.3 Å². The van der Waals surface area contributed by atoms with Gasteiger partial charge >= 0.3 is 13.8 Å². The normalized spacial score (nSPS) is 10.9. The predicted molar refractivity (Wildman–Crippen MR) is 50.5 cm³/mol. The van der Waals surface area contributed by atoms with Gasteiger partial charge in [0.15, 0.2) is 0 Å². The molecule has 0 aliphatic heterocycles. The third-order valence-electron chi connectivity index (χ3n) is 1.53. The first kappa shape index (κ1) is 11.7. The molecule has 1 rings (SSSR count). The van der Waals surface area contributed by atoms with Gasteiger partial charge in [0.05, 0.1) is 7.11 Å². The monoisotopic (exact) mass is 232 g/mol. The van der Waals surface area contributed by atoms with Crippen LogP contribution in [-0.4, -0.2) is 22.9 Å². The minimum atomic E-state index is -4.82. The first-order valence-corrected chi connectivity index (χ1v) is 5.39. The average Bonchev–Trinajstić information content (AvgIpc) is 2.15. The predicted octanol–water partition coefficient (Wildman–Crippen LogP) is 0.945. The zero-order valence-corrected chi connectivity index (χ0v) is 8.68. The third-order valence-corrected chi connectivity index (χ3v) is 1.93. The second-order valence-corrected chi connectivity index (χ2v) is 3.73. The second-order valence-electron chi connectivity index (χ2n) is 2.57. The quantitative estimate of drug-likeness (QED) is 0.753. The van der Waals surface area contributed by atoms with Gasteiger partial charge in [-0.05, 0) is 12.1 Å². The summed E-state index contributed by atoms with van der Waals surface area (Å²) in [4.78, 5) is 28.1. The van der Waals surface area contributed by atoms with E-state index in [1.165, 1.54) is 25.3 Å². The molecule has 0 bridgehead atoms. The molecule has 0 aliphatic rings. The Bertz CT molecular complexity index is 409. The molecule has 0 unspecified atom stereocenters. The fourth-order valence-corrected chi connectivity index (χ4v) is 1.28. The maximum Gasteiger partial charge on any atom is 0.527 e. The summed E-state index contributed by atoms with van der Waals surface area (Å²) in [5, 5.41) is 0. The Balaban J connectivity index is 2.96. The number of carbonyl (C=O) groups is 1. The van der Waals surface area contributed by atoms with E-state index in [1.807, 2.05) is 0 Å². The molecule has 1 aromatic carbocycles. The van der Waals surface area contributed by atoms with Crippen LogP contribution in [0.4, 0.5) is 0 Å². The summed E-state index contributed by atoms with van der Waals surface area (Å²) < 4.78 is 19.2. The van der Waals surface area contributed by atoms with Gasteiger partial charge in [-0.2, -0.15) is 0 Å². The summed E-state index contributed by atoms with van der Waals surface area (Å²) in [7, 11) is -3.49. The minimum Gasteiger partial charge on any atom is -0.496 e. The Morgan fingerprint density at radius 1 is 1.33 bits per heavy atom. The first-order chi connectivity index (χ1) is 6.94. The van der Waals surface area contributed by atoms with Gasteiger partial charge in [0, 0.05) is 0 Å². The number of rotatable bonds is 3. The molecule has 0 amide bonds. The highest BCUT2D eigenvalue weighted by Crippen LogP contribution is 2.37. The summed E-state index contributed by atoms with van der Waals surface area (Å²) in [6.07, 6.45) is 0. The number of methoxy groups -OCH3 is 1. The van der Waals surface area contributed by atoms with Crippen molar-refractivity contribution in [3.63, 3.8) is 0 Å². The van der Waals surface area contributed by atoms with Crippen molar-refractivity contribution in [1.82, 2.24) is 0 Å². The standard InChI is InChI=1S/C8H9O6P/c1-13-7-5-3-2-4-6(7)8(9)14-15(10,11)12/h2-5H,1H3,(H2,10,11,12). The number of para-hydroxylation sites is 1. The number of phosphoric acid groups is 1. The molecule has 7 heteroatoms. The fraction of sp³-hybridized carbons (Fsp3) is 0.125. The Kier molecular flexibility index (Phi) is 3.47. The van der Waals surface area contributed by atoms with Crippen molar-refractivity contribution in [3.05, 3.63) is 29.8 Å². The van der Waals surface area contributed by atoms with Crippen molar-refractivity contribution >= 4 is 13.8 Å². The zero-order valence-electron chi connectivity index (χ0n) is 7.78. The van der Waals surface area contributed by atoms with Gasteiger partial charge < -0.3 is 9.26 Å². The van der Waals surface area contributed by atoms with E-state index in [0.717, 1.165) is 0 Å². The fourth-order valence-electron chi connectivity index (χ4n) is 0.970. The van der Waals surface area contributed by atoms with Gasteiger partial charge in [-0.3, -0.25) is 9.79 Å². The molecule has 0 aliphatic carbocycles. The number of carbonyl (C=O) groups excluding carboxylic acids is 1. The Hall–Kier alpha value is -1.36. The lowest BCUT2D eigenvalue weighted by atomic mass is 10.2. The smallest absolute Gasteiger partial charge is 0.496 e. The van der Waals surface area contributed by atoms with Crippen LogP contribution in [0, 0.1) is 0 Å². The van der Waals surface area contributed by atoms with Crippen molar-refractivity contribution in [3.8, 4) is 5.75 Å². The van der Waals surface area contributed by atoms with Crippen LogP contribution in [0.2, 0.25) is 0 Å². The molecule has 0 fully saturated rings. The van der Waals surface area contributed by atoms with Gasteiger partial charge in [-0.1, -0.05) is 12.1 Å². The Labute approximate surface area is 85.7 Å². The molecule has 82 valence electrons. The van der Waals surface area contributed by atoms with E-state index in [0.29, 0.717) is 0 Å². The van der Waals surface area contributed by atoms with E-state index in [1.54, 1.807) is 6.07 Å². The summed E-state index contributed by atoms with van der Waals surface area (Å²) in [6.45, 7) is 0. The van der Waals surface area contributed by atoms with Gasteiger partial charge in [0.2, 0.25) is 0 Å². The first-order valence-electron chi connectivity index (χ1n) is 3.86. The van der Waals surface area contributed by atoms with Crippen LogP contribution >= 0.6 is 7.82 Å². The van der Waals surface area contributed by atoms with E-state index in [-0.39, 0.29) is 11.3 Å². The number of ether oxygens (including phenoxy) is 1. The average molecular weight is 232 g/mol. The third kappa shape index (κ3) is 3.36. The summed E-state index contributed by atoms with van der Waals surface area (Å²) in [5.74, 6) is -0.934. The topological polar surface area (TPSA) is 93.1 Å². The van der Waals surface area contributed by atoms with Crippen LogP contribution in [0.15, 0.2) is 24.3 Å². The van der Waals surface area contributed by atoms with E-state index >= 15 is 0 Å². The highest BCUT2D eigenvalue weighted by atomic mass is 31.2. The SMILES string of the molecule is COc1ccccc1C(=O)OP(=O)(O)O. The van der Waals surface area contributed by atoms with Crippen LogP contribution in [-0.2, 0) is 9.09 Å². The molecule has 6 nitrogen and oxygen atoms in total. The highest BCUT2D eigenvalue weighted by Gasteiger charge is 2.23. The largest absolute Gasteiger partial charge is 0.527 e. The molecule has 0 radical (unpaired) electrons. The van der Waals surface area contributed by atoms with Gasteiger partial charge in [-0.25, -0.2) is 9.36 Å². The molecule has 0 heterocycles. The Morgan fingerprint density at radius 2 is 1.93 bits per heavy atom. The van der Waals surface area contributed by atoms with E-state index < -0.39 is 13.8 Å². The molecule has 2 N–H and O–H groups in total. The lowest BCUT2D eigenvalue weighted by Crippen LogP contribution is -2.05. The number of benzene rings is 1. The zero-order chi connectivity index (χ0) is 11.5. The molecular weight excluding hydrogens is 223 g/mol. The maximum atomic E-state index is 11.2. The van der Waals surface area contributed by atoms with Crippen molar-refractivity contribution in [2.45, 2.75) is 0 Å². The van der Waals surface area contributed by atoms with Gasteiger partial charge in [-0.15, -0.1) is 0 Å². The molecule has 0 atom stereocenters. The molecule has 0 spiro atoms. The lowest BCUT2D eigenvalue weighted by Gasteiger charge is -2.08. The van der Waals surface area contributed by atoms with Crippen molar-refractivity contribution < 1.29 is 28.4 Å². The molecule has 15 heavy (non-hydrogen) atoms. The van der Waals surface area contributed by atoms with E-state index in [4.69, 9.17) is 14.5 Å². The molecule has 1 aromatic rings. The van der Waals surface area contributed by atoms with E-state index in [9.17, 15) is 9.36 Å². The van der Waals surface area contributed by atoms with Crippen molar-refractivity contribution in [1.29, 1.82) is 0 Å². The molecule has 0 aromatic heterocycles. The summed E-state index contributed by atoms with van der Waals surface area (Å²) in [5.41, 5.74) is -0.0386. The summed E-state index contributed by atoms with van der Waals surface area (Å²) in [6, 6.07) is 5.97. The minimum absolute atomic E-state index is 0.0386. The number of phosphoric ester groups is 1. The summed E-state index contributed by atoms with van der Waals surface area (Å²) >= 11 is 0. The van der Waals surface area contributed by atoms with Crippen LogP contribution in [0.5, 0.6) is 5.75 Å². The lowest BCUT2D eigenvalue weighted by molar-refractivity contribution is 0.0674. The van der Waals surface area contributed by atoms with Crippen LogP contribution in [0.3, 0.4) is 0 Å². The molecule has 0 saturated carbocycles. The van der Waals surface area contributed by atoms with Crippen molar-refractivity contribution in [2.75, 3.05) is 7.11 Å². The van der Waals surface area contributed by atoms with Gasteiger partial charge in [0.25, 0.3) is 0 Å². The molecule has 0 saturated heterocycles. The van der Waals surface area contributed by atoms with Crippen LogP contribution in [0.25, 0.3) is 0 Å². The highest BCUT2D eigenvalue weighted by molar-refractivity contribution is 7.46.